The number of methoxy groups -OCH3 is 2. The first-order valence-electron chi connectivity index (χ1n) is 9.17. The fourth-order valence-electron chi connectivity index (χ4n) is 3.02. The van der Waals surface area contributed by atoms with Gasteiger partial charge in [0.15, 0.2) is 0 Å². The Kier molecular flexibility index (Phi) is 7.13. The summed E-state index contributed by atoms with van der Waals surface area (Å²) in [7, 11) is -0.843. The molecule has 2 rings (SSSR count). The lowest BCUT2D eigenvalue weighted by Gasteiger charge is -2.25. The molecule has 0 spiro atoms. The lowest BCUT2D eigenvalue weighted by Crippen LogP contribution is -2.38. The van der Waals surface area contributed by atoms with Crippen LogP contribution in [0.2, 0.25) is 0 Å². The van der Waals surface area contributed by atoms with Gasteiger partial charge in [-0.25, -0.2) is 8.42 Å². The average molecular weight is 421 g/mol. The van der Waals surface area contributed by atoms with Crippen LogP contribution >= 0.6 is 0 Å². The second-order valence-corrected chi connectivity index (χ2v) is 8.96. The molecule has 0 atom stereocenters. The van der Waals surface area contributed by atoms with Gasteiger partial charge in [-0.05, 0) is 36.1 Å². The molecule has 0 unspecified atom stereocenters. The second-order valence-electron chi connectivity index (χ2n) is 7.05. The molecule has 29 heavy (non-hydrogen) atoms. The third-order valence-corrected chi connectivity index (χ3v) is 5.66. The Morgan fingerprint density at radius 1 is 1.14 bits per heavy atom. The molecular formula is C21H28N2O5S. The number of aryl methyl sites for hydroxylation is 1. The topological polar surface area (TPSA) is 84.9 Å². The van der Waals surface area contributed by atoms with Gasteiger partial charge in [-0.3, -0.25) is 9.10 Å². The Labute approximate surface area is 172 Å². The van der Waals surface area contributed by atoms with Crippen LogP contribution < -0.4 is 19.1 Å². The minimum Gasteiger partial charge on any atom is -0.497 e. The molecule has 0 bridgehead atoms. The summed E-state index contributed by atoms with van der Waals surface area (Å²) in [5.41, 5.74) is 2.84. The predicted octanol–water partition coefficient (Wildman–Crippen LogP) is 3.54. The minimum atomic E-state index is -3.76. The smallest absolute Gasteiger partial charge is 0.245 e. The molecule has 0 aromatic heterocycles. The van der Waals surface area contributed by atoms with Crippen LogP contribution in [0.1, 0.15) is 30.9 Å². The third kappa shape index (κ3) is 5.41. The highest BCUT2D eigenvalue weighted by Gasteiger charge is 2.25. The highest BCUT2D eigenvalue weighted by Crippen LogP contribution is 2.34. The number of sulfonamides is 1. The average Bonchev–Trinajstić information content (AvgIpc) is 2.66. The minimum absolute atomic E-state index is 0.203. The van der Waals surface area contributed by atoms with Gasteiger partial charge in [0.05, 0.1) is 26.2 Å². The number of ether oxygens (including phenoxy) is 2. The Hall–Kier alpha value is -2.74. The number of para-hydroxylation sites is 1. The number of benzene rings is 2. The molecule has 0 saturated heterocycles. The van der Waals surface area contributed by atoms with E-state index in [0.717, 1.165) is 21.7 Å². The molecule has 2 aromatic carbocycles. The zero-order chi connectivity index (χ0) is 21.8. The van der Waals surface area contributed by atoms with E-state index in [1.807, 2.05) is 39.0 Å². The number of amides is 1. The largest absolute Gasteiger partial charge is 0.497 e. The van der Waals surface area contributed by atoms with Gasteiger partial charge in [0, 0.05) is 11.8 Å². The van der Waals surface area contributed by atoms with Gasteiger partial charge < -0.3 is 14.8 Å². The van der Waals surface area contributed by atoms with Gasteiger partial charge in [0.1, 0.15) is 18.0 Å². The lowest BCUT2D eigenvalue weighted by molar-refractivity contribution is -0.114. The van der Waals surface area contributed by atoms with E-state index >= 15 is 0 Å². The number of nitrogens with one attached hydrogen (secondary N) is 1. The van der Waals surface area contributed by atoms with Gasteiger partial charge in [-0.2, -0.15) is 0 Å². The first-order chi connectivity index (χ1) is 13.6. The fraction of sp³-hybridized carbons (Fsp3) is 0.381. The van der Waals surface area contributed by atoms with Crippen molar-refractivity contribution < 1.29 is 22.7 Å². The quantitative estimate of drug-likeness (QED) is 0.706. The van der Waals surface area contributed by atoms with Crippen molar-refractivity contribution in [1.82, 2.24) is 0 Å². The molecule has 0 aliphatic carbocycles. The van der Waals surface area contributed by atoms with Gasteiger partial charge in [0.25, 0.3) is 0 Å². The molecule has 0 aliphatic heterocycles. The Morgan fingerprint density at radius 3 is 2.38 bits per heavy atom. The molecule has 7 nitrogen and oxygen atoms in total. The zero-order valence-electron chi connectivity index (χ0n) is 17.6. The van der Waals surface area contributed by atoms with Crippen LogP contribution in [-0.2, 0) is 14.8 Å². The van der Waals surface area contributed by atoms with E-state index < -0.39 is 22.5 Å². The van der Waals surface area contributed by atoms with Gasteiger partial charge >= 0.3 is 0 Å². The molecule has 8 heteroatoms. The monoisotopic (exact) mass is 420 g/mol. The number of hydrogen-bond acceptors (Lipinski definition) is 5. The highest BCUT2D eigenvalue weighted by molar-refractivity contribution is 7.92. The first kappa shape index (κ1) is 22.5. The Bertz CT molecular complexity index is 987. The molecule has 1 N–H and O–H groups in total. The second kappa shape index (κ2) is 9.17. The van der Waals surface area contributed by atoms with Crippen LogP contribution in [-0.4, -0.2) is 41.3 Å². The number of anilines is 2. The van der Waals surface area contributed by atoms with Gasteiger partial charge in [-0.1, -0.05) is 32.0 Å². The molecule has 0 fully saturated rings. The maximum absolute atomic E-state index is 12.8. The van der Waals surface area contributed by atoms with Crippen molar-refractivity contribution in [2.75, 3.05) is 36.6 Å². The van der Waals surface area contributed by atoms with Gasteiger partial charge in [0.2, 0.25) is 15.9 Å². The number of hydrogen-bond donors (Lipinski definition) is 1. The van der Waals surface area contributed by atoms with Crippen LogP contribution in [0.5, 0.6) is 11.5 Å². The zero-order valence-corrected chi connectivity index (χ0v) is 18.5. The van der Waals surface area contributed by atoms with E-state index in [0.29, 0.717) is 17.2 Å². The number of carbonyl (C=O) groups is 1. The van der Waals surface area contributed by atoms with Crippen LogP contribution in [0.4, 0.5) is 11.4 Å². The lowest BCUT2D eigenvalue weighted by atomic mass is 9.98. The van der Waals surface area contributed by atoms with E-state index in [1.54, 1.807) is 12.1 Å². The molecule has 0 saturated carbocycles. The summed E-state index contributed by atoms with van der Waals surface area (Å²) >= 11 is 0. The summed E-state index contributed by atoms with van der Waals surface area (Å²) in [6, 6.07) is 10.6. The van der Waals surface area contributed by atoms with Gasteiger partial charge in [-0.15, -0.1) is 0 Å². The molecule has 0 radical (unpaired) electrons. The maximum atomic E-state index is 12.8. The normalized spacial score (nSPS) is 11.3. The van der Waals surface area contributed by atoms with Crippen molar-refractivity contribution in [3.05, 3.63) is 47.5 Å². The molecular weight excluding hydrogens is 392 g/mol. The van der Waals surface area contributed by atoms with Crippen LogP contribution in [0, 0.1) is 6.92 Å². The standard InChI is InChI=1S/C21H28N2O5S/c1-14(2)17-9-7-8-15(3)21(17)22-20(24)13-23(29(6,25)26)18-12-16(27-4)10-11-19(18)28-5/h7-12,14H,13H2,1-6H3,(H,22,24). The molecule has 1 amide bonds. The fourth-order valence-corrected chi connectivity index (χ4v) is 3.88. The summed E-state index contributed by atoms with van der Waals surface area (Å²) < 4.78 is 36.5. The summed E-state index contributed by atoms with van der Waals surface area (Å²) in [5.74, 6) is 0.532. The summed E-state index contributed by atoms with van der Waals surface area (Å²) in [6.07, 6.45) is 1.05. The van der Waals surface area contributed by atoms with E-state index in [1.165, 1.54) is 20.3 Å². The molecule has 158 valence electrons. The van der Waals surface area contributed by atoms with Crippen molar-refractivity contribution in [2.24, 2.45) is 0 Å². The number of rotatable bonds is 8. The number of carbonyl (C=O) groups excluding carboxylic acids is 1. The summed E-state index contributed by atoms with van der Waals surface area (Å²) in [5, 5.41) is 2.88. The summed E-state index contributed by atoms with van der Waals surface area (Å²) in [6.45, 7) is 5.58. The van der Waals surface area contributed by atoms with Crippen LogP contribution in [0.15, 0.2) is 36.4 Å². The van der Waals surface area contributed by atoms with Crippen molar-refractivity contribution >= 4 is 27.3 Å². The van der Waals surface area contributed by atoms with Crippen molar-refractivity contribution in [3.8, 4) is 11.5 Å². The van der Waals surface area contributed by atoms with Crippen molar-refractivity contribution in [1.29, 1.82) is 0 Å². The number of nitrogens with zero attached hydrogens (tertiary/aromatic N) is 1. The van der Waals surface area contributed by atoms with Crippen LogP contribution in [0.3, 0.4) is 0 Å². The predicted molar refractivity (Wildman–Crippen MR) is 116 cm³/mol. The Balaban J connectivity index is 2.40. The van der Waals surface area contributed by atoms with E-state index in [2.05, 4.69) is 5.32 Å². The van der Waals surface area contributed by atoms with Crippen molar-refractivity contribution in [3.63, 3.8) is 0 Å². The van der Waals surface area contributed by atoms with Crippen LogP contribution in [0.25, 0.3) is 0 Å². The SMILES string of the molecule is COc1ccc(OC)c(N(CC(=O)Nc2c(C)cccc2C(C)C)S(C)(=O)=O)c1. The van der Waals surface area contributed by atoms with E-state index in [-0.39, 0.29) is 11.6 Å². The maximum Gasteiger partial charge on any atom is 0.245 e. The highest BCUT2D eigenvalue weighted by atomic mass is 32.2. The first-order valence-corrected chi connectivity index (χ1v) is 11.0. The van der Waals surface area contributed by atoms with Crippen molar-refractivity contribution in [2.45, 2.75) is 26.7 Å². The summed E-state index contributed by atoms with van der Waals surface area (Å²) in [4.78, 5) is 12.8. The third-order valence-electron chi connectivity index (χ3n) is 4.53. The van der Waals surface area contributed by atoms with E-state index in [9.17, 15) is 13.2 Å². The molecule has 0 heterocycles. The molecule has 2 aromatic rings. The Morgan fingerprint density at radius 2 is 1.83 bits per heavy atom. The molecule has 0 aliphatic rings. The van der Waals surface area contributed by atoms with E-state index in [4.69, 9.17) is 9.47 Å².